The maximum absolute atomic E-state index is 5.76. The average Bonchev–Trinajstić information content (AvgIpc) is 2.47. The molecule has 0 spiro atoms. The Balaban J connectivity index is 1.98. The molecule has 0 saturated heterocycles. The summed E-state index contributed by atoms with van der Waals surface area (Å²) >= 11 is 0. The molecule has 4 nitrogen and oxygen atoms in total. The number of aromatic nitrogens is 1. The van der Waals surface area contributed by atoms with Crippen LogP contribution in [0.25, 0.3) is 0 Å². The van der Waals surface area contributed by atoms with Crippen LogP contribution in [0.2, 0.25) is 0 Å². The van der Waals surface area contributed by atoms with Crippen molar-refractivity contribution in [1.82, 2.24) is 4.98 Å². The summed E-state index contributed by atoms with van der Waals surface area (Å²) in [5.74, 6) is 1.50. The summed E-state index contributed by atoms with van der Waals surface area (Å²) in [6.45, 7) is 2.63. The number of hydrogen-bond donors (Lipinski definition) is 1. The highest BCUT2D eigenvalue weighted by Gasteiger charge is 2.02. The second kappa shape index (κ2) is 7.03. The van der Waals surface area contributed by atoms with E-state index in [4.69, 9.17) is 15.2 Å². The Morgan fingerprint density at radius 2 is 1.80 bits per heavy atom. The van der Waals surface area contributed by atoms with Crippen molar-refractivity contribution in [2.75, 3.05) is 13.7 Å². The van der Waals surface area contributed by atoms with E-state index in [0.717, 1.165) is 24.5 Å². The Morgan fingerprint density at radius 3 is 2.35 bits per heavy atom. The van der Waals surface area contributed by atoms with Crippen molar-refractivity contribution in [3.8, 4) is 11.5 Å². The highest BCUT2D eigenvalue weighted by atomic mass is 16.5. The molecule has 2 N–H and O–H groups in total. The van der Waals surface area contributed by atoms with E-state index in [0.29, 0.717) is 5.75 Å². The SMILES string of the molecule is COCCc1ccc(Oc2ccc([C@@H](C)N)nc2)cc1. The summed E-state index contributed by atoms with van der Waals surface area (Å²) in [4.78, 5) is 4.27. The Kier molecular flexibility index (Phi) is 5.09. The molecule has 0 unspecified atom stereocenters. The van der Waals surface area contributed by atoms with Gasteiger partial charge in [-0.05, 0) is 43.2 Å². The molecule has 106 valence electrons. The third-order valence-electron chi connectivity index (χ3n) is 2.98. The van der Waals surface area contributed by atoms with E-state index >= 15 is 0 Å². The molecule has 4 heteroatoms. The van der Waals surface area contributed by atoms with E-state index in [1.807, 2.05) is 43.3 Å². The van der Waals surface area contributed by atoms with Crippen molar-refractivity contribution in [3.63, 3.8) is 0 Å². The number of methoxy groups -OCH3 is 1. The van der Waals surface area contributed by atoms with Crippen LogP contribution in [0, 0.1) is 0 Å². The maximum Gasteiger partial charge on any atom is 0.145 e. The highest BCUT2D eigenvalue weighted by Crippen LogP contribution is 2.22. The zero-order valence-corrected chi connectivity index (χ0v) is 11.9. The number of benzene rings is 1. The molecule has 0 aliphatic carbocycles. The first-order chi connectivity index (χ1) is 9.69. The lowest BCUT2D eigenvalue weighted by Crippen LogP contribution is -2.06. The number of nitrogens with two attached hydrogens (primary N) is 1. The Hall–Kier alpha value is -1.91. The predicted molar refractivity (Wildman–Crippen MR) is 78.9 cm³/mol. The first-order valence-corrected chi connectivity index (χ1v) is 6.66. The number of pyridine rings is 1. The van der Waals surface area contributed by atoms with E-state index < -0.39 is 0 Å². The maximum atomic E-state index is 5.76. The molecule has 20 heavy (non-hydrogen) atoms. The molecule has 0 amide bonds. The van der Waals surface area contributed by atoms with Crippen molar-refractivity contribution < 1.29 is 9.47 Å². The quantitative estimate of drug-likeness (QED) is 0.878. The van der Waals surface area contributed by atoms with Gasteiger partial charge < -0.3 is 15.2 Å². The van der Waals surface area contributed by atoms with Crippen LogP contribution in [0.5, 0.6) is 11.5 Å². The van der Waals surface area contributed by atoms with Gasteiger partial charge >= 0.3 is 0 Å². The van der Waals surface area contributed by atoms with Gasteiger partial charge in [-0.3, -0.25) is 4.98 Å². The van der Waals surface area contributed by atoms with Crippen LogP contribution in [0.4, 0.5) is 0 Å². The van der Waals surface area contributed by atoms with Crippen molar-refractivity contribution in [1.29, 1.82) is 0 Å². The summed E-state index contributed by atoms with van der Waals surface area (Å²) in [5.41, 5.74) is 7.84. The number of rotatable bonds is 6. The Morgan fingerprint density at radius 1 is 1.10 bits per heavy atom. The monoisotopic (exact) mass is 272 g/mol. The molecule has 1 aromatic heterocycles. The zero-order chi connectivity index (χ0) is 14.4. The van der Waals surface area contributed by atoms with Gasteiger partial charge in [0.2, 0.25) is 0 Å². The van der Waals surface area contributed by atoms with Crippen molar-refractivity contribution >= 4 is 0 Å². The Labute approximate surface area is 119 Å². The zero-order valence-electron chi connectivity index (χ0n) is 11.9. The lowest BCUT2D eigenvalue weighted by molar-refractivity contribution is 0.202. The summed E-state index contributed by atoms with van der Waals surface area (Å²) in [6, 6.07) is 11.7. The second-order valence-corrected chi connectivity index (χ2v) is 4.70. The molecular weight excluding hydrogens is 252 g/mol. The van der Waals surface area contributed by atoms with E-state index in [-0.39, 0.29) is 6.04 Å². The third kappa shape index (κ3) is 4.05. The van der Waals surface area contributed by atoms with Crippen molar-refractivity contribution in [2.45, 2.75) is 19.4 Å². The average molecular weight is 272 g/mol. The van der Waals surface area contributed by atoms with Gasteiger partial charge in [0, 0.05) is 13.2 Å². The molecule has 0 aliphatic rings. The molecule has 0 saturated carbocycles. The van der Waals surface area contributed by atoms with Crippen LogP contribution in [0.15, 0.2) is 42.6 Å². The van der Waals surface area contributed by atoms with Gasteiger partial charge in [-0.2, -0.15) is 0 Å². The van der Waals surface area contributed by atoms with Gasteiger partial charge in [0.1, 0.15) is 11.5 Å². The minimum Gasteiger partial charge on any atom is -0.456 e. The van der Waals surface area contributed by atoms with Gasteiger partial charge in [0.05, 0.1) is 18.5 Å². The normalized spacial score (nSPS) is 12.2. The lowest BCUT2D eigenvalue weighted by atomic mass is 10.1. The van der Waals surface area contributed by atoms with Crippen LogP contribution in [-0.4, -0.2) is 18.7 Å². The Bertz CT molecular complexity index is 521. The summed E-state index contributed by atoms with van der Waals surface area (Å²) in [5, 5.41) is 0. The lowest BCUT2D eigenvalue weighted by Gasteiger charge is -2.08. The van der Waals surface area contributed by atoms with Gasteiger partial charge in [0.25, 0.3) is 0 Å². The summed E-state index contributed by atoms with van der Waals surface area (Å²) < 4.78 is 10.8. The molecule has 1 heterocycles. The molecule has 2 rings (SSSR count). The minimum atomic E-state index is -0.0656. The molecular formula is C16H20N2O2. The summed E-state index contributed by atoms with van der Waals surface area (Å²) in [7, 11) is 1.70. The van der Waals surface area contributed by atoms with E-state index in [2.05, 4.69) is 4.98 Å². The van der Waals surface area contributed by atoms with E-state index in [1.54, 1.807) is 13.3 Å². The molecule has 1 atom stereocenters. The van der Waals surface area contributed by atoms with Crippen LogP contribution in [0.3, 0.4) is 0 Å². The van der Waals surface area contributed by atoms with Crippen LogP contribution >= 0.6 is 0 Å². The molecule has 0 aliphatic heterocycles. The van der Waals surface area contributed by atoms with Crippen LogP contribution in [0.1, 0.15) is 24.2 Å². The third-order valence-corrected chi connectivity index (χ3v) is 2.98. The fourth-order valence-corrected chi connectivity index (χ4v) is 1.80. The van der Waals surface area contributed by atoms with E-state index in [9.17, 15) is 0 Å². The fraction of sp³-hybridized carbons (Fsp3) is 0.312. The number of ether oxygens (including phenoxy) is 2. The largest absolute Gasteiger partial charge is 0.456 e. The van der Waals surface area contributed by atoms with Gasteiger partial charge in [-0.15, -0.1) is 0 Å². The summed E-state index contributed by atoms with van der Waals surface area (Å²) in [6.07, 6.45) is 2.60. The van der Waals surface area contributed by atoms with Gasteiger partial charge in [-0.1, -0.05) is 12.1 Å². The number of nitrogens with zero attached hydrogens (tertiary/aromatic N) is 1. The van der Waals surface area contributed by atoms with E-state index in [1.165, 1.54) is 5.56 Å². The fourth-order valence-electron chi connectivity index (χ4n) is 1.80. The first kappa shape index (κ1) is 14.5. The minimum absolute atomic E-state index is 0.0656. The topological polar surface area (TPSA) is 57.4 Å². The highest BCUT2D eigenvalue weighted by molar-refractivity contribution is 5.32. The molecule has 0 bridgehead atoms. The second-order valence-electron chi connectivity index (χ2n) is 4.70. The molecule has 2 aromatic rings. The molecule has 0 radical (unpaired) electrons. The smallest absolute Gasteiger partial charge is 0.145 e. The first-order valence-electron chi connectivity index (χ1n) is 6.66. The molecule has 0 fully saturated rings. The predicted octanol–water partition coefficient (Wildman–Crippen LogP) is 3.08. The molecule has 1 aromatic carbocycles. The van der Waals surface area contributed by atoms with Crippen LogP contribution < -0.4 is 10.5 Å². The number of hydrogen-bond acceptors (Lipinski definition) is 4. The van der Waals surface area contributed by atoms with Gasteiger partial charge in [0.15, 0.2) is 0 Å². The van der Waals surface area contributed by atoms with Gasteiger partial charge in [-0.25, -0.2) is 0 Å². The standard InChI is InChI=1S/C16H20N2O2/c1-12(17)16-8-7-15(11-18-16)20-14-5-3-13(4-6-14)9-10-19-2/h3-8,11-12H,9-10,17H2,1-2H3/t12-/m1/s1. The van der Waals surface area contributed by atoms with Crippen molar-refractivity contribution in [2.24, 2.45) is 5.73 Å². The van der Waals surface area contributed by atoms with Crippen molar-refractivity contribution in [3.05, 3.63) is 53.9 Å². The van der Waals surface area contributed by atoms with Crippen LogP contribution in [-0.2, 0) is 11.2 Å².